The molecule has 1 aliphatic rings. The van der Waals surface area contributed by atoms with Crippen molar-refractivity contribution in [3.8, 4) is 6.07 Å². The third-order valence-electron chi connectivity index (χ3n) is 4.97. The monoisotopic (exact) mass is 362 g/mol. The molecule has 0 bridgehead atoms. The van der Waals surface area contributed by atoms with E-state index in [-0.39, 0.29) is 17.9 Å². The molecule has 1 heterocycles. The minimum atomic E-state index is -0.0886. The van der Waals surface area contributed by atoms with Gasteiger partial charge in [-0.1, -0.05) is 44.2 Å². The van der Waals surface area contributed by atoms with Crippen molar-refractivity contribution >= 4 is 17.3 Å². The van der Waals surface area contributed by atoms with Crippen LogP contribution in [0.4, 0.5) is 11.4 Å². The Bertz CT molecular complexity index is 805. The molecule has 1 fully saturated rings. The van der Waals surface area contributed by atoms with Gasteiger partial charge in [-0.05, 0) is 30.2 Å². The Labute approximate surface area is 161 Å². The molecule has 1 amide bonds. The molecule has 27 heavy (non-hydrogen) atoms. The van der Waals surface area contributed by atoms with Crippen LogP contribution in [0.15, 0.2) is 54.6 Å². The second-order valence-corrected chi connectivity index (χ2v) is 7.18. The predicted molar refractivity (Wildman–Crippen MR) is 108 cm³/mol. The van der Waals surface area contributed by atoms with Gasteiger partial charge in [0.05, 0.1) is 17.3 Å². The van der Waals surface area contributed by atoms with Crippen molar-refractivity contribution in [2.45, 2.75) is 19.9 Å². The van der Waals surface area contributed by atoms with E-state index in [1.54, 1.807) is 0 Å². The van der Waals surface area contributed by atoms with Crippen molar-refractivity contribution in [3.05, 3.63) is 60.2 Å². The van der Waals surface area contributed by atoms with Crippen LogP contribution in [0.1, 0.15) is 24.2 Å². The molecule has 1 aliphatic heterocycles. The molecule has 2 aromatic rings. The summed E-state index contributed by atoms with van der Waals surface area (Å²) >= 11 is 0. The Kier molecular flexibility index (Phi) is 6.10. The van der Waals surface area contributed by atoms with E-state index in [0.29, 0.717) is 18.7 Å². The van der Waals surface area contributed by atoms with E-state index >= 15 is 0 Å². The van der Waals surface area contributed by atoms with Crippen LogP contribution in [-0.2, 0) is 0 Å². The van der Waals surface area contributed by atoms with Crippen LogP contribution in [0.5, 0.6) is 0 Å². The van der Waals surface area contributed by atoms with E-state index in [4.69, 9.17) is 0 Å². The van der Waals surface area contributed by atoms with Crippen LogP contribution >= 0.6 is 0 Å². The Morgan fingerprint density at radius 1 is 1.00 bits per heavy atom. The number of nitriles is 1. The van der Waals surface area contributed by atoms with E-state index in [9.17, 15) is 10.1 Å². The number of amides is 1. The molecule has 0 spiro atoms. The van der Waals surface area contributed by atoms with Gasteiger partial charge in [-0.3, -0.25) is 9.69 Å². The number of carbonyl (C=O) groups excluding carboxylic acids is 1. The van der Waals surface area contributed by atoms with Crippen LogP contribution in [0.25, 0.3) is 0 Å². The smallest absolute Gasteiger partial charge is 0.256 e. The standard InChI is InChI=1S/C22H26N4O/c1-17(2)21(16-23)25-12-14-26(15-13-25)22(27)19-10-6-7-11-20(19)24-18-8-4-3-5-9-18/h3-11,17,21,24H,12-15H2,1-2H3. The van der Waals surface area contributed by atoms with E-state index < -0.39 is 0 Å². The first-order valence-corrected chi connectivity index (χ1v) is 9.44. The third kappa shape index (κ3) is 4.47. The van der Waals surface area contributed by atoms with Gasteiger partial charge in [0.1, 0.15) is 6.04 Å². The zero-order chi connectivity index (χ0) is 19.2. The summed E-state index contributed by atoms with van der Waals surface area (Å²) < 4.78 is 0. The molecule has 1 N–H and O–H groups in total. The second kappa shape index (κ2) is 8.70. The van der Waals surface area contributed by atoms with Gasteiger partial charge in [-0.25, -0.2) is 0 Å². The number of hydrogen-bond acceptors (Lipinski definition) is 4. The lowest BCUT2D eigenvalue weighted by Crippen LogP contribution is -2.52. The van der Waals surface area contributed by atoms with Gasteiger partial charge in [0.2, 0.25) is 0 Å². The average molecular weight is 362 g/mol. The summed E-state index contributed by atoms with van der Waals surface area (Å²) in [6.07, 6.45) is 0. The highest BCUT2D eigenvalue weighted by Gasteiger charge is 2.28. The maximum Gasteiger partial charge on any atom is 0.256 e. The lowest BCUT2D eigenvalue weighted by atomic mass is 10.0. The lowest BCUT2D eigenvalue weighted by molar-refractivity contribution is 0.0577. The number of nitrogens with one attached hydrogen (secondary N) is 1. The average Bonchev–Trinajstić information content (AvgIpc) is 2.69. The van der Waals surface area contributed by atoms with Crippen molar-refractivity contribution in [3.63, 3.8) is 0 Å². The largest absolute Gasteiger partial charge is 0.355 e. The Hall–Kier alpha value is -2.84. The SMILES string of the molecule is CC(C)C(C#N)N1CCN(C(=O)c2ccccc2Nc2ccccc2)CC1. The van der Waals surface area contributed by atoms with Crippen molar-refractivity contribution in [2.75, 3.05) is 31.5 Å². The van der Waals surface area contributed by atoms with Gasteiger partial charge in [0.15, 0.2) is 0 Å². The van der Waals surface area contributed by atoms with Crippen molar-refractivity contribution in [2.24, 2.45) is 5.92 Å². The molecule has 0 radical (unpaired) electrons. The fourth-order valence-electron chi connectivity index (χ4n) is 3.48. The summed E-state index contributed by atoms with van der Waals surface area (Å²) in [6, 6.07) is 19.8. The molecular weight excluding hydrogens is 336 g/mol. The first-order valence-electron chi connectivity index (χ1n) is 9.44. The first kappa shape index (κ1) is 18.9. The number of piperazine rings is 1. The molecule has 1 saturated heterocycles. The number of carbonyl (C=O) groups is 1. The van der Waals surface area contributed by atoms with Gasteiger partial charge in [0, 0.05) is 31.9 Å². The third-order valence-corrected chi connectivity index (χ3v) is 4.97. The molecule has 0 aromatic heterocycles. The minimum absolute atomic E-state index is 0.0340. The molecule has 1 unspecified atom stereocenters. The Balaban J connectivity index is 1.70. The topological polar surface area (TPSA) is 59.4 Å². The Morgan fingerprint density at radius 3 is 2.26 bits per heavy atom. The normalized spacial score (nSPS) is 16.0. The molecule has 140 valence electrons. The summed E-state index contributed by atoms with van der Waals surface area (Å²) in [5, 5.41) is 12.7. The van der Waals surface area contributed by atoms with Crippen molar-refractivity contribution < 1.29 is 4.79 Å². The maximum atomic E-state index is 13.1. The van der Waals surface area contributed by atoms with Crippen molar-refractivity contribution in [1.82, 2.24) is 9.80 Å². The maximum absolute atomic E-state index is 13.1. The van der Waals surface area contributed by atoms with Gasteiger partial charge >= 0.3 is 0 Å². The van der Waals surface area contributed by atoms with E-state index in [2.05, 4.69) is 30.1 Å². The fraction of sp³-hybridized carbons (Fsp3) is 0.364. The number of hydrogen-bond donors (Lipinski definition) is 1. The highest BCUT2D eigenvalue weighted by atomic mass is 16.2. The van der Waals surface area contributed by atoms with E-state index in [0.717, 1.165) is 24.5 Å². The molecule has 0 saturated carbocycles. The fourth-order valence-corrected chi connectivity index (χ4v) is 3.48. The molecule has 2 aromatic carbocycles. The summed E-state index contributed by atoms with van der Waals surface area (Å²) in [5.41, 5.74) is 2.44. The Morgan fingerprint density at radius 2 is 1.63 bits per heavy atom. The van der Waals surface area contributed by atoms with Crippen molar-refractivity contribution in [1.29, 1.82) is 5.26 Å². The number of benzene rings is 2. The molecule has 5 heteroatoms. The number of rotatable bonds is 5. The van der Waals surface area contributed by atoms with Crippen LogP contribution < -0.4 is 5.32 Å². The highest BCUT2D eigenvalue weighted by Crippen LogP contribution is 2.23. The van der Waals surface area contributed by atoms with Gasteiger partial charge in [0.25, 0.3) is 5.91 Å². The summed E-state index contributed by atoms with van der Waals surface area (Å²) in [6.45, 7) is 6.88. The first-order chi connectivity index (χ1) is 13.1. The van der Waals surface area contributed by atoms with Gasteiger partial charge in [-0.2, -0.15) is 5.26 Å². The summed E-state index contributed by atoms with van der Waals surface area (Å²) in [5.74, 6) is 0.319. The predicted octanol–water partition coefficient (Wildman–Crippen LogP) is 3.74. The van der Waals surface area contributed by atoms with Crippen LogP contribution in [0.2, 0.25) is 0 Å². The molecule has 0 aliphatic carbocycles. The van der Waals surface area contributed by atoms with Gasteiger partial charge < -0.3 is 10.2 Å². The summed E-state index contributed by atoms with van der Waals surface area (Å²) in [4.78, 5) is 17.2. The zero-order valence-electron chi connectivity index (χ0n) is 15.9. The van der Waals surface area contributed by atoms with Crippen LogP contribution in [-0.4, -0.2) is 47.9 Å². The molecular formula is C22H26N4O. The number of para-hydroxylation sites is 2. The molecule has 5 nitrogen and oxygen atoms in total. The lowest BCUT2D eigenvalue weighted by Gasteiger charge is -2.38. The minimum Gasteiger partial charge on any atom is -0.355 e. The highest BCUT2D eigenvalue weighted by molar-refractivity contribution is 6.00. The number of nitrogens with zero attached hydrogens (tertiary/aromatic N) is 3. The quantitative estimate of drug-likeness (QED) is 0.880. The van der Waals surface area contributed by atoms with Crippen LogP contribution in [0.3, 0.4) is 0 Å². The van der Waals surface area contributed by atoms with Crippen LogP contribution in [0, 0.1) is 17.2 Å². The van der Waals surface area contributed by atoms with E-state index in [1.165, 1.54) is 0 Å². The molecule has 3 rings (SSSR count). The number of anilines is 2. The zero-order valence-corrected chi connectivity index (χ0v) is 15.9. The molecule has 1 atom stereocenters. The second-order valence-electron chi connectivity index (χ2n) is 7.18. The summed E-state index contributed by atoms with van der Waals surface area (Å²) in [7, 11) is 0. The van der Waals surface area contributed by atoms with Gasteiger partial charge in [-0.15, -0.1) is 0 Å². The van der Waals surface area contributed by atoms with E-state index in [1.807, 2.05) is 59.5 Å².